The highest BCUT2D eigenvalue weighted by atomic mass is 32.2. The molecule has 3 aromatic rings. The second-order valence-corrected chi connectivity index (χ2v) is 11.0. The molecular formula is C30H34N8O3S. The second kappa shape index (κ2) is 13.4. The second-order valence-electron chi connectivity index (χ2n) is 9.63. The van der Waals surface area contributed by atoms with Crippen LogP contribution in [0.5, 0.6) is 11.5 Å². The first-order valence-electron chi connectivity index (χ1n) is 13.6. The van der Waals surface area contributed by atoms with Gasteiger partial charge in [-0.25, -0.2) is 15.0 Å². The summed E-state index contributed by atoms with van der Waals surface area (Å²) in [7, 11) is 1.59. The summed E-state index contributed by atoms with van der Waals surface area (Å²) >= 11 is 1.86. The number of carbonyl (C=O) groups is 1. The smallest absolute Gasteiger partial charge is 0.246 e. The number of carbonyl (C=O) groups excluding carboxylic acids is 1. The third kappa shape index (κ3) is 7.19. The molecule has 2 aliphatic rings. The molecule has 2 aliphatic heterocycles. The number of amides is 1. The van der Waals surface area contributed by atoms with Gasteiger partial charge in [-0.15, -0.1) is 0 Å². The quantitative estimate of drug-likeness (QED) is 0.165. The predicted octanol–water partition coefficient (Wildman–Crippen LogP) is 4.73. The number of rotatable bonds is 13. The van der Waals surface area contributed by atoms with Crippen molar-refractivity contribution in [2.75, 3.05) is 49.7 Å². The summed E-state index contributed by atoms with van der Waals surface area (Å²) in [6.07, 6.45) is 10.4. The Hall–Kier alpha value is -4.58. The van der Waals surface area contributed by atoms with Gasteiger partial charge in [0.25, 0.3) is 0 Å². The molecule has 1 fully saturated rings. The topological polar surface area (TPSA) is 117 Å². The zero-order valence-corrected chi connectivity index (χ0v) is 24.7. The Morgan fingerprint density at radius 2 is 2.14 bits per heavy atom. The zero-order chi connectivity index (χ0) is 29.5. The van der Waals surface area contributed by atoms with E-state index in [0.29, 0.717) is 59.8 Å². The van der Waals surface area contributed by atoms with E-state index in [1.54, 1.807) is 18.2 Å². The largest absolute Gasteiger partial charge is 0.493 e. The molecule has 1 saturated heterocycles. The van der Waals surface area contributed by atoms with Crippen LogP contribution in [0.2, 0.25) is 0 Å². The number of fused-ring (bicyclic) bond motifs is 1. The summed E-state index contributed by atoms with van der Waals surface area (Å²) in [4.78, 5) is 27.8. The number of hydrazone groups is 1. The lowest BCUT2D eigenvalue weighted by molar-refractivity contribution is -0.125. The van der Waals surface area contributed by atoms with Gasteiger partial charge in [0.2, 0.25) is 5.91 Å². The number of hydrogen-bond acceptors (Lipinski definition) is 11. The summed E-state index contributed by atoms with van der Waals surface area (Å²) in [6, 6.07) is 7.68. The molecule has 0 radical (unpaired) electrons. The van der Waals surface area contributed by atoms with Crippen LogP contribution in [0.3, 0.4) is 0 Å². The molecule has 0 saturated carbocycles. The van der Waals surface area contributed by atoms with Crippen LogP contribution in [0.4, 0.5) is 17.3 Å². The standard InChI is InChI=1S/C30H34N8O3S/c1-5-27(39)37(17-23-18-42-23)14-11-31-29-26(40-4)16-24-28(36-29)30(33-19-32-24)35-21-7-8-25(20(3)15-21)41-22-9-12-38(13-10-22)34-6-2/h5-10,12,15-16,19,23H,1,11,13-14,17-18H2,2-4H3,(H,31,36)(H,32,33,35)/b34-6-. The molecule has 1 aromatic carbocycles. The number of ether oxygens (including phenoxy) is 2. The molecule has 2 N–H and O–H groups in total. The van der Waals surface area contributed by atoms with Crippen LogP contribution >= 0.6 is 11.8 Å². The maximum Gasteiger partial charge on any atom is 0.246 e. The number of allylic oxidation sites excluding steroid dienone is 1. The highest BCUT2D eigenvalue weighted by Crippen LogP contribution is 2.32. The summed E-state index contributed by atoms with van der Waals surface area (Å²) in [5.41, 5.74) is 3.02. The van der Waals surface area contributed by atoms with E-state index in [4.69, 9.17) is 14.5 Å². The van der Waals surface area contributed by atoms with E-state index in [-0.39, 0.29) is 5.91 Å². The number of pyridine rings is 1. The number of benzene rings is 1. The van der Waals surface area contributed by atoms with Crippen molar-refractivity contribution in [3.8, 4) is 11.5 Å². The van der Waals surface area contributed by atoms with E-state index < -0.39 is 0 Å². The number of nitrogens with zero attached hydrogens (tertiary/aromatic N) is 6. The number of aromatic nitrogens is 3. The minimum atomic E-state index is -0.0744. The molecule has 1 unspecified atom stereocenters. The van der Waals surface area contributed by atoms with Crippen LogP contribution in [0.1, 0.15) is 12.5 Å². The molecule has 0 spiro atoms. The van der Waals surface area contributed by atoms with Crippen LogP contribution in [0, 0.1) is 6.92 Å². The lowest BCUT2D eigenvalue weighted by atomic mass is 10.2. The number of methoxy groups -OCH3 is 1. The molecule has 12 heteroatoms. The Balaban J connectivity index is 1.30. The van der Waals surface area contributed by atoms with Crippen LogP contribution in [0.25, 0.3) is 11.0 Å². The van der Waals surface area contributed by atoms with Gasteiger partial charge in [-0.3, -0.25) is 9.80 Å². The molecule has 5 rings (SSSR count). The Kier molecular flexibility index (Phi) is 9.22. The van der Waals surface area contributed by atoms with E-state index in [1.165, 1.54) is 12.4 Å². The van der Waals surface area contributed by atoms with Gasteiger partial charge in [0, 0.05) is 54.8 Å². The number of nitrogens with one attached hydrogen (secondary N) is 2. The summed E-state index contributed by atoms with van der Waals surface area (Å²) in [5.74, 6) is 4.20. The fourth-order valence-electron chi connectivity index (χ4n) is 4.38. The van der Waals surface area contributed by atoms with Crippen molar-refractivity contribution in [3.05, 3.63) is 72.9 Å². The van der Waals surface area contributed by atoms with E-state index in [0.717, 1.165) is 28.5 Å². The summed E-state index contributed by atoms with van der Waals surface area (Å²) in [6.45, 7) is 9.89. The molecule has 4 heterocycles. The van der Waals surface area contributed by atoms with Crippen LogP contribution < -0.4 is 20.1 Å². The third-order valence-electron chi connectivity index (χ3n) is 6.60. The fourth-order valence-corrected chi connectivity index (χ4v) is 4.90. The molecular weight excluding hydrogens is 552 g/mol. The van der Waals surface area contributed by atoms with E-state index in [2.05, 4.69) is 32.3 Å². The minimum absolute atomic E-state index is 0.0744. The average molecular weight is 587 g/mol. The van der Waals surface area contributed by atoms with Crippen LogP contribution in [0.15, 0.2) is 72.5 Å². The minimum Gasteiger partial charge on any atom is -0.493 e. The number of hydrogen-bond donors (Lipinski definition) is 2. The van der Waals surface area contributed by atoms with Crippen molar-refractivity contribution in [2.45, 2.75) is 19.1 Å². The SMILES string of the molecule is C=CC(=O)N(CCNc1nc2c(Nc3ccc(OC4=CCN(/N=C\C)C=C4)c(C)c3)ncnc2cc1OC)CC1CS1. The number of anilines is 3. The van der Waals surface area contributed by atoms with E-state index in [1.807, 2.05) is 73.2 Å². The lowest BCUT2D eigenvalue weighted by Crippen LogP contribution is -2.36. The van der Waals surface area contributed by atoms with Crippen molar-refractivity contribution in [3.63, 3.8) is 0 Å². The van der Waals surface area contributed by atoms with Crippen molar-refractivity contribution in [1.82, 2.24) is 24.9 Å². The number of thioether (sulfide) groups is 1. The Morgan fingerprint density at radius 1 is 1.29 bits per heavy atom. The first-order chi connectivity index (χ1) is 20.5. The van der Waals surface area contributed by atoms with Gasteiger partial charge in [0.1, 0.15) is 23.4 Å². The maximum absolute atomic E-state index is 12.3. The lowest BCUT2D eigenvalue weighted by Gasteiger charge is -2.21. The fraction of sp³-hybridized carbons (Fsp3) is 0.300. The first-order valence-corrected chi connectivity index (χ1v) is 14.7. The van der Waals surface area contributed by atoms with Gasteiger partial charge >= 0.3 is 0 Å². The number of aryl methyl sites for hydroxylation is 1. The highest BCUT2D eigenvalue weighted by Gasteiger charge is 2.26. The normalized spacial score (nSPS) is 15.8. The van der Waals surface area contributed by atoms with Crippen molar-refractivity contribution in [1.29, 1.82) is 0 Å². The molecule has 1 atom stereocenters. The maximum atomic E-state index is 12.3. The Labute approximate surface area is 249 Å². The van der Waals surface area contributed by atoms with Crippen molar-refractivity contribution in [2.24, 2.45) is 5.10 Å². The average Bonchev–Trinajstić information content (AvgIpc) is 3.83. The van der Waals surface area contributed by atoms with Crippen LogP contribution in [-0.4, -0.2) is 81.3 Å². The molecule has 2 aromatic heterocycles. The van der Waals surface area contributed by atoms with Crippen LogP contribution in [-0.2, 0) is 4.79 Å². The van der Waals surface area contributed by atoms with Gasteiger partial charge in [0.05, 0.1) is 19.2 Å². The molecule has 11 nitrogen and oxygen atoms in total. The molecule has 0 aliphatic carbocycles. The zero-order valence-electron chi connectivity index (χ0n) is 23.9. The third-order valence-corrected chi connectivity index (χ3v) is 7.56. The van der Waals surface area contributed by atoms with Crippen molar-refractivity contribution >= 4 is 52.2 Å². The first kappa shape index (κ1) is 28.9. The van der Waals surface area contributed by atoms with Gasteiger partial charge in [0.15, 0.2) is 17.4 Å². The van der Waals surface area contributed by atoms with Crippen molar-refractivity contribution < 1.29 is 14.3 Å². The predicted molar refractivity (Wildman–Crippen MR) is 169 cm³/mol. The monoisotopic (exact) mass is 586 g/mol. The Bertz CT molecular complexity index is 1550. The van der Waals surface area contributed by atoms with Gasteiger partial charge in [-0.05, 0) is 55.8 Å². The van der Waals surface area contributed by atoms with E-state index in [9.17, 15) is 4.79 Å². The van der Waals surface area contributed by atoms with Gasteiger partial charge in [-0.1, -0.05) is 6.58 Å². The molecule has 1 amide bonds. The molecule has 42 heavy (non-hydrogen) atoms. The summed E-state index contributed by atoms with van der Waals surface area (Å²) in [5, 5.41) is 13.3. The molecule has 0 bridgehead atoms. The van der Waals surface area contributed by atoms with Gasteiger partial charge < -0.3 is 25.0 Å². The highest BCUT2D eigenvalue weighted by molar-refractivity contribution is 8.06. The summed E-state index contributed by atoms with van der Waals surface area (Å²) < 4.78 is 11.7. The molecule has 218 valence electrons. The van der Waals surface area contributed by atoms with E-state index >= 15 is 0 Å². The van der Waals surface area contributed by atoms with Gasteiger partial charge in [-0.2, -0.15) is 16.9 Å². The Morgan fingerprint density at radius 3 is 2.83 bits per heavy atom.